The number of pyridine rings is 1. The average Bonchev–Trinajstić information content (AvgIpc) is 2.83. The number of nitrogens with zero attached hydrogens (tertiary/aromatic N) is 1. The van der Waals surface area contributed by atoms with Crippen LogP contribution in [0.3, 0.4) is 0 Å². The quantitative estimate of drug-likeness (QED) is 0.336. The van der Waals surface area contributed by atoms with Gasteiger partial charge in [-0.15, -0.1) is 11.8 Å². The number of hydrogen-bond donors (Lipinski definition) is 2. The molecule has 1 aromatic heterocycles. The predicted molar refractivity (Wildman–Crippen MR) is 136 cm³/mol. The molecule has 1 aromatic carbocycles. The minimum atomic E-state index is -4.57. The summed E-state index contributed by atoms with van der Waals surface area (Å²) in [6.45, 7) is 3.23. The predicted octanol–water partition coefficient (Wildman–Crippen LogP) is 6.24. The molecule has 6 nitrogen and oxygen atoms in total. The summed E-state index contributed by atoms with van der Waals surface area (Å²) < 4.78 is 80.4. The molecule has 1 fully saturated rings. The number of halogens is 4. The molecule has 0 saturated heterocycles. The van der Waals surface area contributed by atoms with Gasteiger partial charge in [-0.25, -0.2) is 17.8 Å². The lowest BCUT2D eigenvalue weighted by atomic mass is 9.99. The summed E-state index contributed by atoms with van der Waals surface area (Å²) in [4.78, 5) is 16.7. The SMILES string of the molecule is CCCS(=O)(=O)Nc1ccc(C(C)C(=O)NCc2ccc(C(F)(F)F)nc2SC2CCCCC2)cc1F. The Balaban J connectivity index is 1.71. The molecule has 0 spiro atoms. The van der Waals surface area contributed by atoms with E-state index in [9.17, 15) is 30.8 Å². The molecule has 0 aliphatic heterocycles. The highest BCUT2D eigenvalue weighted by Crippen LogP contribution is 2.37. The monoisotopic (exact) mass is 561 g/mol. The number of thioether (sulfide) groups is 1. The third kappa shape index (κ3) is 8.33. The zero-order valence-electron chi connectivity index (χ0n) is 20.7. The van der Waals surface area contributed by atoms with Crippen molar-refractivity contribution < 1.29 is 30.8 Å². The Bertz CT molecular complexity index is 1200. The van der Waals surface area contributed by atoms with Crippen molar-refractivity contribution in [2.24, 2.45) is 0 Å². The Kier molecular flexibility index (Phi) is 9.85. The molecule has 1 aliphatic rings. The van der Waals surface area contributed by atoms with E-state index >= 15 is 0 Å². The average molecular weight is 562 g/mol. The van der Waals surface area contributed by atoms with Crippen molar-refractivity contribution in [3.63, 3.8) is 0 Å². The van der Waals surface area contributed by atoms with E-state index in [1.165, 1.54) is 30.0 Å². The lowest BCUT2D eigenvalue weighted by Gasteiger charge is -2.22. The molecule has 1 unspecified atom stereocenters. The van der Waals surface area contributed by atoms with Gasteiger partial charge in [0.2, 0.25) is 15.9 Å². The highest BCUT2D eigenvalue weighted by atomic mass is 32.2. The van der Waals surface area contributed by atoms with Crippen molar-refractivity contribution in [1.29, 1.82) is 0 Å². The first-order valence-electron chi connectivity index (χ1n) is 12.2. The van der Waals surface area contributed by atoms with Gasteiger partial charge in [-0.1, -0.05) is 38.3 Å². The Morgan fingerprint density at radius 1 is 1.16 bits per heavy atom. The lowest BCUT2D eigenvalue weighted by molar-refractivity contribution is -0.141. The molecule has 12 heteroatoms. The van der Waals surface area contributed by atoms with Crippen LogP contribution in [0.25, 0.3) is 0 Å². The van der Waals surface area contributed by atoms with Crippen molar-refractivity contribution in [2.45, 2.75) is 81.3 Å². The van der Waals surface area contributed by atoms with Gasteiger partial charge in [-0.2, -0.15) is 13.2 Å². The van der Waals surface area contributed by atoms with E-state index in [1.54, 1.807) is 13.8 Å². The molecular formula is C25H31F4N3O3S2. The molecule has 1 aliphatic carbocycles. The Morgan fingerprint density at radius 3 is 2.49 bits per heavy atom. The largest absolute Gasteiger partial charge is 0.433 e. The number of carbonyl (C=O) groups excluding carboxylic acids is 1. The van der Waals surface area contributed by atoms with Crippen LogP contribution in [0.15, 0.2) is 35.4 Å². The topological polar surface area (TPSA) is 88.2 Å². The molecule has 2 N–H and O–H groups in total. The first kappa shape index (κ1) is 29.2. The summed E-state index contributed by atoms with van der Waals surface area (Å²) in [5.74, 6) is -2.19. The van der Waals surface area contributed by atoms with Crippen molar-refractivity contribution in [3.05, 3.63) is 53.0 Å². The van der Waals surface area contributed by atoms with Gasteiger partial charge < -0.3 is 5.32 Å². The van der Waals surface area contributed by atoms with Gasteiger partial charge in [-0.05, 0) is 49.9 Å². The van der Waals surface area contributed by atoms with Crippen molar-refractivity contribution >= 4 is 33.4 Å². The molecule has 37 heavy (non-hydrogen) atoms. The van der Waals surface area contributed by atoms with Gasteiger partial charge in [-0.3, -0.25) is 9.52 Å². The van der Waals surface area contributed by atoms with Gasteiger partial charge in [0.05, 0.1) is 17.4 Å². The number of alkyl halides is 3. The third-order valence-electron chi connectivity index (χ3n) is 6.14. The molecule has 0 bridgehead atoms. The maximum absolute atomic E-state index is 14.5. The summed E-state index contributed by atoms with van der Waals surface area (Å²) >= 11 is 1.32. The van der Waals surface area contributed by atoms with Gasteiger partial charge in [0.25, 0.3) is 0 Å². The van der Waals surface area contributed by atoms with Crippen LogP contribution in [-0.4, -0.2) is 30.3 Å². The van der Waals surface area contributed by atoms with E-state index in [2.05, 4.69) is 15.0 Å². The molecule has 1 heterocycles. The number of amides is 1. The van der Waals surface area contributed by atoms with E-state index in [1.807, 2.05) is 0 Å². The summed E-state index contributed by atoms with van der Waals surface area (Å²) in [5, 5.41) is 3.14. The Morgan fingerprint density at radius 2 is 1.86 bits per heavy atom. The second-order valence-corrected chi connectivity index (χ2v) is 12.3. The molecule has 2 aromatic rings. The number of benzene rings is 1. The van der Waals surface area contributed by atoms with Crippen LogP contribution >= 0.6 is 11.8 Å². The molecule has 3 rings (SSSR count). The summed E-state index contributed by atoms with van der Waals surface area (Å²) in [5.41, 5.74) is -0.365. The molecule has 1 atom stereocenters. The fourth-order valence-corrected chi connectivity index (χ4v) is 6.53. The zero-order valence-corrected chi connectivity index (χ0v) is 22.3. The minimum absolute atomic E-state index is 0.0270. The van der Waals surface area contributed by atoms with Crippen LogP contribution in [0.4, 0.5) is 23.2 Å². The number of nitrogens with one attached hydrogen (secondary N) is 2. The van der Waals surface area contributed by atoms with Gasteiger partial charge in [0, 0.05) is 17.4 Å². The normalized spacial score (nSPS) is 15.8. The fourth-order valence-electron chi connectivity index (χ4n) is 4.06. The molecule has 1 amide bonds. The molecular weight excluding hydrogens is 530 g/mol. The first-order valence-corrected chi connectivity index (χ1v) is 14.7. The zero-order chi connectivity index (χ0) is 27.2. The lowest BCUT2D eigenvalue weighted by Crippen LogP contribution is -2.28. The van der Waals surface area contributed by atoms with E-state index in [-0.39, 0.29) is 28.3 Å². The second-order valence-electron chi connectivity index (χ2n) is 9.14. The van der Waals surface area contributed by atoms with Crippen molar-refractivity contribution in [3.8, 4) is 0 Å². The number of rotatable bonds is 10. The van der Waals surface area contributed by atoms with Crippen LogP contribution in [-0.2, 0) is 27.5 Å². The maximum atomic E-state index is 14.5. The third-order valence-corrected chi connectivity index (χ3v) is 9.00. The Labute approximate surface area is 219 Å². The number of hydrogen-bond acceptors (Lipinski definition) is 5. The molecule has 1 saturated carbocycles. The van der Waals surface area contributed by atoms with Gasteiger partial charge >= 0.3 is 6.18 Å². The molecule has 0 radical (unpaired) electrons. The summed E-state index contributed by atoms with van der Waals surface area (Å²) in [7, 11) is -3.67. The number of sulfonamides is 1. The van der Waals surface area contributed by atoms with E-state index < -0.39 is 39.5 Å². The van der Waals surface area contributed by atoms with Gasteiger partial charge in [0.15, 0.2) is 0 Å². The standard InChI is InChI=1S/C25H31F4N3O3S2/c1-3-13-37(34,35)32-21-11-9-17(14-20(21)26)16(2)23(33)30-15-18-10-12-22(25(27,28)29)31-24(18)36-19-7-5-4-6-8-19/h9-12,14,16,19,32H,3-8,13,15H2,1-2H3,(H,30,33). The smallest absolute Gasteiger partial charge is 0.351 e. The highest BCUT2D eigenvalue weighted by Gasteiger charge is 2.33. The van der Waals surface area contributed by atoms with Crippen LogP contribution in [0.5, 0.6) is 0 Å². The van der Waals surface area contributed by atoms with Gasteiger partial charge in [0.1, 0.15) is 16.5 Å². The maximum Gasteiger partial charge on any atom is 0.433 e. The molecule has 204 valence electrons. The number of aromatic nitrogens is 1. The van der Waals surface area contributed by atoms with E-state index in [0.29, 0.717) is 17.5 Å². The Hall–Kier alpha value is -2.34. The summed E-state index contributed by atoms with van der Waals surface area (Å²) in [6.07, 6.45) is 0.773. The van der Waals surface area contributed by atoms with Crippen LogP contribution < -0.4 is 10.0 Å². The highest BCUT2D eigenvalue weighted by molar-refractivity contribution is 7.99. The number of carbonyl (C=O) groups is 1. The summed E-state index contributed by atoms with van der Waals surface area (Å²) in [6, 6.07) is 6.06. The van der Waals surface area contributed by atoms with Crippen molar-refractivity contribution in [1.82, 2.24) is 10.3 Å². The van der Waals surface area contributed by atoms with E-state index in [4.69, 9.17) is 0 Å². The second kappa shape index (κ2) is 12.5. The number of anilines is 1. The van der Waals surface area contributed by atoms with E-state index in [0.717, 1.165) is 44.2 Å². The van der Waals surface area contributed by atoms with Crippen LogP contribution in [0.1, 0.15) is 75.1 Å². The fraction of sp³-hybridized carbons (Fsp3) is 0.520. The van der Waals surface area contributed by atoms with Crippen LogP contribution in [0.2, 0.25) is 0 Å². The minimum Gasteiger partial charge on any atom is -0.351 e. The van der Waals surface area contributed by atoms with Crippen molar-refractivity contribution in [2.75, 3.05) is 10.5 Å². The first-order chi connectivity index (χ1) is 17.4. The van der Waals surface area contributed by atoms with Crippen LogP contribution in [0, 0.1) is 5.82 Å².